The Hall–Kier alpha value is -1.06. The van der Waals surface area contributed by atoms with Gasteiger partial charge >= 0.3 is 0 Å². The third kappa shape index (κ3) is 3.22. The summed E-state index contributed by atoms with van der Waals surface area (Å²) in [5.74, 6) is 0.802. The lowest BCUT2D eigenvalue weighted by Gasteiger charge is -2.05. The van der Waals surface area contributed by atoms with Crippen LogP contribution in [0.4, 0.5) is 0 Å². The number of hydrogen-bond acceptors (Lipinski definition) is 2. The molecule has 1 aromatic carbocycles. The van der Waals surface area contributed by atoms with E-state index >= 15 is 0 Å². The summed E-state index contributed by atoms with van der Waals surface area (Å²) < 4.78 is 6.57. The zero-order chi connectivity index (χ0) is 11.4. The summed E-state index contributed by atoms with van der Waals surface area (Å²) in [6, 6.07) is 13.2. The molecule has 2 aromatic rings. The second-order valence-corrected chi connectivity index (χ2v) is 4.50. The Morgan fingerprint density at radius 3 is 2.75 bits per heavy atom. The molecule has 4 heteroatoms. The summed E-state index contributed by atoms with van der Waals surface area (Å²) in [4.78, 5) is 4.14. The van der Waals surface area contributed by atoms with E-state index in [-0.39, 0.29) is 0 Å². The lowest BCUT2D eigenvalue weighted by Crippen LogP contribution is -1.97. The lowest BCUT2D eigenvalue weighted by atomic mass is 10.3. The number of pyridine rings is 1. The Labute approximate surface area is 107 Å². The second kappa shape index (κ2) is 5.32. The predicted octanol–water partition coefficient (Wildman–Crippen LogP) is 4.08. The number of halogens is 2. The first-order chi connectivity index (χ1) is 7.74. The molecule has 0 unspecified atom stereocenters. The van der Waals surface area contributed by atoms with E-state index in [4.69, 9.17) is 16.3 Å². The van der Waals surface area contributed by atoms with Gasteiger partial charge in [-0.15, -0.1) is 0 Å². The van der Waals surface area contributed by atoms with Crippen LogP contribution in [0.3, 0.4) is 0 Å². The molecule has 0 saturated carbocycles. The van der Waals surface area contributed by atoms with Gasteiger partial charge in [-0.1, -0.05) is 39.7 Å². The van der Waals surface area contributed by atoms with Gasteiger partial charge in [0.1, 0.15) is 17.5 Å². The zero-order valence-electron chi connectivity index (χ0n) is 8.36. The van der Waals surface area contributed by atoms with Gasteiger partial charge in [0.2, 0.25) is 0 Å². The van der Waals surface area contributed by atoms with Crippen LogP contribution in [0.25, 0.3) is 0 Å². The average Bonchev–Trinajstić information content (AvgIpc) is 2.27. The van der Waals surface area contributed by atoms with E-state index in [1.54, 1.807) is 6.07 Å². The fourth-order valence-electron chi connectivity index (χ4n) is 1.24. The molecule has 0 saturated heterocycles. The molecule has 0 atom stereocenters. The van der Waals surface area contributed by atoms with Gasteiger partial charge in [-0.05, 0) is 30.3 Å². The molecule has 0 N–H and O–H groups in total. The highest BCUT2D eigenvalue weighted by molar-refractivity contribution is 9.10. The van der Waals surface area contributed by atoms with Crippen molar-refractivity contribution < 1.29 is 4.74 Å². The molecular weight excluding hydrogens is 289 g/mol. The van der Waals surface area contributed by atoms with Crippen molar-refractivity contribution in [2.45, 2.75) is 6.61 Å². The van der Waals surface area contributed by atoms with Crippen molar-refractivity contribution >= 4 is 27.5 Å². The third-order valence-electron chi connectivity index (χ3n) is 1.96. The van der Waals surface area contributed by atoms with Crippen LogP contribution >= 0.6 is 27.5 Å². The summed E-state index contributed by atoms with van der Waals surface area (Å²) >= 11 is 9.16. The molecule has 1 aromatic heterocycles. The normalized spacial score (nSPS) is 10.1. The number of nitrogens with zero attached hydrogens (tertiary/aromatic N) is 1. The van der Waals surface area contributed by atoms with Crippen LogP contribution in [-0.2, 0) is 6.61 Å². The van der Waals surface area contributed by atoms with Crippen LogP contribution in [0.15, 0.2) is 46.9 Å². The molecule has 0 radical (unpaired) electrons. The van der Waals surface area contributed by atoms with Gasteiger partial charge in [0.05, 0.1) is 5.69 Å². The summed E-state index contributed by atoms with van der Waals surface area (Å²) in [5, 5.41) is 0.482. The summed E-state index contributed by atoms with van der Waals surface area (Å²) in [5.41, 5.74) is 0.812. The topological polar surface area (TPSA) is 22.1 Å². The first kappa shape index (κ1) is 11.4. The Morgan fingerprint density at radius 2 is 2.00 bits per heavy atom. The molecule has 2 rings (SSSR count). The molecule has 0 bridgehead atoms. The maximum atomic E-state index is 5.78. The summed E-state index contributed by atoms with van der Waals surface area (Å²) in [6.07, 6.45) is 0. The Bertz CT molecular complexity index is 444. The number of ether oxygens (including phenoxy) is 1. The van der Waals surface area contributed by atoms with E-state index in [2.05, 4.69) is 20.9 Å². The lowest BCUT2D eigenvalue weighted by molar-refractivity contribution is 0.301. The molecule has 2 nitrogen and oxygen atoms in total. The number of benzene rings is 1. The van der Waals surface area contributed by atoms with E-state index in [9.17, 15) is 0 Å². The SMILES string of the molecule is Clc1cccc(COc2cccc(Br)c2)n1. The number of hydrogen-bond donors (Lipinski definition) is 0. The highest BCUT2D eigenvalue weighted by atomic mass is 79.9. The number of aromatic nitrogens is 1. The minimum Gasteiger partial charge on any atom is -0.487 e. The Morgan fingerprint density at radius 1 is 1.19 bits per heavy atom. The predicted molar refractivity (Wildman–Crippen MR) is 67.7 cm³/mol. The fraction of sp³-hybridized carbons (Fsp3) is 0.0833. The van der Waals surface area contributed by atoms with Gasteiger partial charge in [-0.3, -0.25) is 0 Å². The molecule has 0 amide bonds. The minimum atomic E-state index is 0.414. The molecule has 82 valence electrons. The van der Waals surface area contributed by atoms with Crippen molar-refractivity contribution in [2.24, 2.45) is 0 Å². The van der Waals surface area contributed by atoms with E-state index in [1.807, 2.05) is 36.4 Å². The largest absolute Gasteiger partial charge is 0.487 e. The van der Waals surface area contributed by atoms with Crippen LogP contribution in [0, 0.1) is 0 Å². The van der Waals surface area contributed by atoms with Crippen LogP contribution < -0.4 is 4.74 Å². The van der Waals surface area contributed by atoms with E-state index in [0.717, 1.165) is 15.9 Å². The van der Waals surface area contributed by atoms with Gasteiger partial charge in [-0.2, -0.15) is 0 Å². The van der Waals surface area contributed by atoms with Crippen LogP contribution in [0.2, 0.25) is 5.15 Å². The smallest absolute Gasteiger partial charge is 0.130 e. The minimum absolute atomic E-state index is 0.414. The van der Waals surface area contributed by atoms with Crippen LogP contribution in [0.1, 0.15) is 5.69 Å². The van der Waals surface area contributed by atoms with Gasteiger partial charge in [0, 0.05) is 4.47 Å². The maximum Gasteiger partial charge on any atom is 0.130 e. The number of rotatable bonds is 3. The van der Waals surface area contributed by atoms with E-state index in [0.29, 0.717) is 11.8 Å². The van der Waals surface area contributed by atoms with Crippen LogP contribution in [0.5, 0.6) is 5.75 Å². The quantitative estimate of drug-likeness (QED) is 0.797. The highest BCUT2D eigenvalue weighted by Gasteiger charge is 1.98. The van der Waals surface area contributed by atoms with Crippen molar-refractivity contribution in [3.05, 3.63) is 57.8 Å². The third-order valence-corrected chi connectivity index (χ3v) is 2.66. The fourth-order valence-corrected chi connectivity index (χ4v) is 1.80. The Balaban J connectivity index is 2.02. The highest BCUT2D eigenvalue weighted by Crippen LogP contribution is 2.18. The molecule has 0 aliphatic heterocycles. The van der Waals surface area contributed by atoms with Gasteiger partial charge in [-0.25, -0.2) is 4.98 Å². The molecule has 0 aliphatic carbocycles. The molecular formula is C12H9BrClNO. The Kier molecular flexibility index (Phi) is 3.80. The van der Waals surface area contributed by atoms with E-state index in [1.165, 1.54) is 0 Å². The maximum absolute atomic E-state index is 5.78. The van der Waals surface area contributed by atoms with Crippen molar-refractivity contribution in [1.82, 2.24) is 4.98 Å². The summed E-state index contributed by atoms with van der Waals surface area (Å²) in [7, 11) is 0. The summed E-state index contributed by atoms with van der Waals surface area (Å²) in [6.45, 7) is 0.414. The van der Waals surface area contributed by atoms with Crippen LogP contribution in [-0.4, -0.2) is 4.98 Å². The second-order valence-electron chi connectivity index (χ2n) is 3.20. The van der Waals surface area contributed by atoms with Crippen molar-refractivity contribution in [3.8, 4) is 5.75 Å². The van der Waals surface area contributed by atoms with Gasteiger partial charge < -0.3 is 4.74 Å². The molecule has 1 heterocycles. The molecule has 16 heavy (non-hydrogen) atoms. The first-order valence-electron chi connectivity index (χ1n) is 4.74. The van der Waals surface area contributed by atoms with Crippen molar-refractivity contribution in [2.75, 3.05) is 0 Å². The molecule has 0 aliphatic rings. The van der Waals surface area contributed by atoms with E-state index < -0.39 is 0 Å². The first-order valence-corrected chi connectivity index (χ1v) is 5.91. The van der Waals surface area contributed by atoms with Crippen molar-refractivity contribution in [1.29, 1.82) is 0 Å². The van der Waals surface area contributed by atoms with Gasteiger partial charge in [0.25, 0.3) is 0 Å². The monoisotopic (exact) mass is 297 g/mol. The van der Waals surface area contributed by atoms with Crippen molar-refractivity contribution in [3.63, 3.8) is 0 Å². The molecule has 0 fully saturated rings. The molecule has 0 spiro atoms. The zero-order valence-corrected chi connectivity index (χ0v) is 10.7. The standard InChI is InChI=1S/C12H9BrClNO/c13-9-3-1-5-11(7-9)16-8-10-4-2-6-12(14)15-10/h1-7H,8H2. The van der Waals surface area contributed by atoms with Gasteiger partial charge in [0.15, 0.2) is 0 Å². The average molecular weight is 299 g/mol.